The van der Waals surface area contributed by atoms with Crippen LogP contribution in [0.5, 0.6) is 0 Å². The molecule has 0 amide bonds. The number of nitrogens with zero attached hydrogens (tertiary/aromatic N) is 3. The Bertz CT molecular complexity index is 690. The molecule has 2 aromatic rings. The minimum Gasteiger partial charge on any atom is -0.476 e. The lowest BCUT2D eigenvalue weighted by Crippen LogP contribution is -2.18. The average molecular weight is 289 g/mol. The van der Waals surface area contributed by atoms with Gasteiger partial charge in [-0.15, -0.1) is 0 Å². The summed E-state index contributed by atoms with van der Waals surface area (Å²) in [6.07, 6.45) is 2.23. The molecular weight excluding hydrogens is 273 g/mol. The second kappa shape index (κ2) is 5.20. The van der Waals surface area contributed by atoms with Crippen molar-refractivity contribution < 1.29 is 14.3 Å². The first-order valence-electron chi connectivity index (χ1n) is 6.88. The van der Waals surface area contributed by atoms with Gasteiger partial charge in [-0.25, -0.2) is 9.18 Å². The molecule has 3 rings (SSSR count). The summed E-state index contributed by atoms with van der Waals surface area (Å²) in [6, 6.07) is 6.11. The molecule has 21 heavy (non-hydrogen) atoms. The molecule has 1 N–H and O–H groups in total. The largest absolute Gasteiger partial charge is 0.476 e. The van der Waals surface area contributed by atoms with Gasteiger partial charge in [0.15, 0.2) is 5.69 Å². The number of aromatic nitrogens is 2. The molecule has 1 aromatic carbocycles. The van der Waals surface area contributed by atoms with Crippen LogP contribution >= 0.6 is 0 Å². The molecule has 1 fully saturated rings. The lowest BCUT2D eigenvalue weighted by atomic mass is 10.1. The van der Waals surface area contributed by atoms with Gasteiger partial charge >= 0.3 is 5.97 Å². The third-order valence-corrected chi connectivity index (χ3v) is 3.78. The Balaban J connectivity index is 2.12. The second-order valence-electron chi connectivity index (χ2n) is 5.20. The van der Waals surface area contributed by atoms with Crippen molar-refractivity contribution in [3.8, 4) is 11.3 Å². The third kappa shape index (κ3) is 2.49. The van der Waals surface area contributed by atoms with Crippen LogP contribution in [0.1, 0.15) is 23.3 Å². The molecule has 0 bridgehead atoms. The van der Waals surface area contributed by atoms with Crippen LogP contribution in [0.15, 0.2) is 24.3 Å². The smallest absolute Gasteiger partial charge is 0.356 e. The van der Waals surface area contributed by atoms with E-state index in [2.05, 4.69) is 10.00 Å². The number of aromatic carboxylic acids is 1. The first-order valence-corrected chi connectivity index (χ1v) is 6.88. The van der Waals surface area contributed by atoms with E-state index < -0.39 is 5.97 Å². The molecule has 0 unspecified atom stereocenters. The number of halogens is 1. The van der Waals surface area contributed by atoms with Gasteiger partial charge in [0.25, 0.3) is 0 Å². The van der Waals surface area contributed by atoms with Crippen molar-refractivity contribution in [2.24, 2.45) is 7.05 Å². The van der Waals surface area contributed by atoms with E-state index in [0.717, 1.165) is 31.6 Å². The predicted molar refractivity (Wildman–Crippen MR) is 77.0 cm³/mol. The maximum absolute atomic E-state index is 13.7. The van der Waals surface area contributed by atoms with Gasteiger partial charge in [0.1, 0.15) is 5.82 Å². The minimum atomic E-state index is -1.09. The number of anilines is 1. The maximum Gasteiger partial charge on any atom is 0.356 e. The summed E-state index contributed by atoms with van der Waals surface area (Å²) in [4.78, 5) is 13.2. The fourth-order valence-electron chi connectivity index (χ4n) is 2.77. The highest BCUT2D eigenvalue weighted by Gasteiger charge is 2.20. The van der Waals surface area contributed by atoms with E-state index in [1.54, 1.807) is 13.1 Å². The number of carboxylic acids is 1. The molecule has 0 radical (unpaired) electrons. The van der Waals surface area contributed by atoms with Crippen LogP contribution in [0.2, 0.25) is 0 Å². The molecule has 0 spiro atoms. The second-order valence-corrected chi connectivity index (χ2v) is 5.20. The average Bonchev–Trinajstić information content (AvgIpc) is 3.07. The molecule has 1 saturated heterocycles. The number of carbonyl (C=O) groups is 1. The highest BCUT2D eigenvalue weighted by molar-refractivity contribution is 5.88. The number of hydrogen-bond donors (Lipinski definition) is 1. The Labute approximate surface area is 121 Å². The van der Waals surface area contributed by atoms with Crippen molar-refractivity contribution in [1.29, 1.82) is 0 Å². The first-order chi connectivity index (χ1) is 10.1. The highest BCUT2D eigenvalue weighted by atomic mass is 19.1. The number of aryl methyl sites for hydroxylation is 1. The molecule has 5 nitrogen and oxygen atoms in total. The van der Waals surface area contributed by atoms with Crippen molar-refractivity contribution in [1.82, 2.24) is 9.78 Å². The molecule has 110 valence electrons. The fraction of sp³-hybridized carbons (Fsp3) is 0.333. The van der Waals surface area contributed by atoms with E-state index in [4.69, 9.17) is 5.11 Å². The summed E-state index contributed by atoms with van der Waals surface area (Å²) in [6.45, 7) is 1.87. The topological polar surface area (TPSA) is 58.4 Å². The predicted octanol–water partition coefficient (Wildman–Crippen LogP) is 2.52. The van der Waals surface area contributed by atoms with Crippen LogP contribution in [0, 0.1) is 5.82 Å². The lowest BCUT2D eigenvalue weighted by Gasteiger charge is -2.21. The molecular formula is C15H16FN3O2. The van der Waals surface area contributed by atoms with Crippen LogP contribution in [-0.4, -0.2) is 33.9 Å². The van der Waals surface area contributed by atoms with E-state index in [0.29, 0.717) is 11.3 Å². The van der Waals surface area contributed by atoms with Crippen LogP contribution in [0.4, 0.5) is 10.1 Å². The summed E-state index contributed by atoms with van der Waals surface area (Å²) in [5, 5.41) is 13.0. The normalized spacial score (nSPS) is 14.7. The van der Waals surface area contributed by atoms with Gasteiger partial charge in [-0.3, -0.25) is 4.68 Å². The minimum absolute atomic E-state index is 0.0378. The van der Waals surface area contributed by atoms with Crippen molar-refractivity contribution in [2.75, 3.05) is 18.0 Å². The van der Waals surface area contributed by atoms with Gasteiger partial charge in [0.2, 0.25) is 0 Å². The summed E-state index contributed by atoms with van der Waals surface area (Å²) in [5.74, 6) is -1.43. The van der Waals surface area contributed by atoms with Crippen molar-refractivity contribution in [2.45, 2.75) is 12.8 Å². The Kier molecular flexibility index (Phi) is 3.37. The zero-order valence-electron chi connectivity index (χ0n) is 11.7. The van der Waals surface area contributed by atoms with Crippen molar-refractivity contribution in [3.63, 3.8) is 0 Å². The van der Waals surface area contributed by atoms with Crippen LogP contribution in [0.3, 0.4) is 0 Å². The summed E-state index contributed by atoms with van der Waals surface area (Å²) in [7, 11) is 1.67. The zero-order chi connectivity index (χ0) is 15.0. The molecule has 2 heterocycles. The van der Waals surface area contributed by atoms with Gasteiger partial charge in [0, 0.05) is 31.4 Å². The van der Waals surface area contributed by atoms with Crippen LogP contribution < -0.4 is 4.90 Å². The summed E-state index contributed by atoms with van der Waals surface area (Å²) >= 11 is 0. The van der Waals surface area contributed by atoms with E-state index in [9.17, 15) is 9.18 Å². The molecule has 6 heteroatoms. The number of carboxylic acid groups (broad SMARTS) is 1. The number of hydrogen-bond acceptors (Lipinski definition) is 3. The Morgan fingerprint density at radius 1 is 1.29 bits per heavy atom. The number of benzene rings is 1. The summed E-state index contributed by atoms with van der Waals surface area (Å²) in [5.41, 5.74) is 2.17. The molecule has 1 aliphatic rings. The van der Waals surface area contributed by atoms with Gasteiger partial charge in [-0.05, 0) is 37.1 Å². The van der Waals surface area contributed by atoms with Crippen molar-refractivity contribution >= 4 is 11.7 Å². The summed E-state index contributed by atoms with van der Waals surface area (Å²) < 4.78 is 15.1. The monoisotopic (exact) mass is 289 g/mol. The quantitative estimate of drug-likeness (QED) is 0.943. The highest BCUT2D eigenvalue weighted by Crippen LogP contribution is 2.33. The van der Waals surface area contributed by atoms with Gasteiger partial charge in [-0.1, -0.05) is 0 Å². The maximum atomic E-state index is 13.7. The van der Waals surface area contributed by atoms with Gasteiger partial charge in [0.05, 0.1) is 5.69 Å². The van der Waals surface area contributed by atoms with Gasteiger partial charge in [-0.2, -0.15) is 5.10 Å². The first kappa shape index (κ1) is 13.6. The standard InChI is InChI=1S/C15H16FN3O2/c1-18-14(9-12(17-18)15(20)21)11-8-10(16)4-5-13(11)19-6-2-3-7-19/h4-5,8-9H,2-3,6-7H2,1H3,(H,20,21). The zero-order valence-corrected chi connectivity index (χ0v) is 11.7. The van der Waals surface area contributed by atoms with E-state index in [1.807, 2.05) is 0 Å². The molecule has 1 aliphatic heterocycles. The molecule has 0 atom stereocenters. The van der Waals surface area contributed by atoms with E-state index in [1.165, 1.54) is 22.9 Å². The Hall–Kier alpha value is -2.37. The lowest BCUT2D eigenvalue weighted by molar-refractivity contribution is 0.0689. The fourth-order valence-corrected chi connectivity index (χ4v) is 2.77. The van der Waals surface area contributed by atoms with E-state index in [-0.39, 0.29) is 11.5 Å². The Morgan fingerprint density at radius 3 is 2.62 bits per heavy atom. The van der Waals surface area contributed by atoms with Gasteiger partial charge < -0.3 is 10.0 Å². The van der Waals surface area contributed by atoms with Crippen LogP contribution in [-0.2, 0) is 7.05 Å². The number of rotatable bonds is 3. The van der Waals surface area contributed by atoms with E-state index >= 15 is 0 Å². The molecule has 0 aliphatic carbocycles. The van der Waals surface area contributed by atoms with Crippen LogP contribution in [0.25, 0.3) is 11.3 Å². The Morgan fingerprint density at radius 2 is 2.00 bits per heavy atom. The molecule has 0 saturated carbocycles. The third-order valence-electron chi connectivity index (χ3n) is 3.78. The van der Waals surface area contributed by atoms with Crippen molar-refractivity contribution in [3.05, 3.63) is 35.8 Å². The molecule has 1 aromatic heterocycles. The SMILES string of the molecule is Cn1nc(C(=O)O)cc1-c1cc(F)ccc1N1CCCC1.